The highest BCUT2D eigenvalue weighted by molar-refractivity contribution is 6.09. The number of morpholine rings is 1. The van der Waals surface area contributed by atoms with Gasteiger partial charge in [0.15, 0.2) is 11.5 Å². The number of rotatable bonds is 6. The average molecular weight is 406 g/mol. The van der Waals surface area contributed by atoms with Gasteiger partial charge in [-0.2, -0.15) is 8.78 Å². The number of hydrogen-bond acceptors (Lipinski definition) is 5. The topological polar surface area (TPSA) is 77.1 Å². The summed E-state index contributed by atoms with van der Waals surface area (Å²) in [4.78, 5) is 27.1. The Morgan fingerprint density at radius 1 is 1.10 bits per heavy atom. The molecule has 2 aromatic rings. The summed E-state index contributed by atoms with van der Waals surface area (Å²) in [5.74, 6) is -0.908. The fourth-order valence-corrected chi connectivity index (χ4v) is 2.91. The van der Waals surface area contributed by atoms with Crippen molar-refractivity contribution in [1.82, 2.24) is 4.90 Å². The lowest BCUT2D eigenvalue weighted by Crippen LogP contribution is -2.41. The Morgan fingerprint density at radius 2 is 1.83 bits per heavy atom. The van der Waals surface area contributed by atoms with Crippen LogP contribution in [0.1, 0.15) is 20.7 Å². The molecule has 1 fully saturated rings. The van der Waals surface area contributed by atoms with Gasteiger partial charge in [0.2, 0.25) is 0 Å². The number of carbonyl (C=O) groups excluding carboxylic acids is 2. The van der Waals surface area contributed by atoms with E-state index in [1.165, 1.54) is 25.3 Å². The van der Waals surface area contributed by atoms with Crippen LogP contribution in [0.3, 0.4) is 0 Å². The zero-order valence-corrected chi connectivity index (χ0v) is 15.7. The standard InChI is InChI=1S/C20H20F2N2O5/c1-27-17-12-13(6-7-16(17)29-20(21)22)18(25)23-15-5-3-2-4-14(15)19(26)24-8-10-28-11-9-24/h2-7,12,20H,8-11H2,1H3,(H,23,25). The van der Waals surface area contributed by atoms with Crippen LogP contribution in [0.4, 0.5) is 14.5 Å². The minimum atomic E-state index is -3.01. The molecule has 1 saturated heterocycles. The van der Waals surface area contributed by atoms with E-state index in [0.29, 0.717) is 37.6 Å². The Hall–Kier alpha value is -3.20. The molecule has 2 aromatic carbocycles. The molecule has 9 heteroatoms. The van der Waals surface area contributed by atoms with Crippen molar-refractivity contribution in [2.24, 2.45) is 0 Å². The zero-order valence-electron chi connectivity index (χ0n) is 15.7. The van der Waals surface area contributed by atoms with Gasteiger partial charge in [-0.15, -0.1) is 0 Å². The van der Waals surface area contributed by atoms with E-state index >= 15 is 0 Å². The Balaban J connectivity index is 1.80. The van der Waals surface area contributed by atoms with Gasteiger partial charge in [0.25, 0.3) is 11.8 Å². The van der Waals surface area contributed by atoms with Gasteiger partial charge < -0.3 is 24.4 Å². The van der Waals surface area contributed by atoms with Crippen LogP contribution in [0.25, 0.3) is 0 Å². The lowest BCUT2D eigenvalue weighted by atomic mass is 10.1. The largest absolute Gasteiger partial charge is 0.493 e. The summed E-state index contributed by atoms with van der Waals surface area (Å²) in [5.41, 5.74) is 0.866. The molecule has 0 aliphatic carbocycles. The van der Waals surface area contributed by atoms with Crippen molar-refractivity contribution in [3.63, 3.8) is 0 Å². The SMILES string of the molecule is COc1cc(C(=O)Nc2ccccc2C(=O)N2CCOCC2)ccc1OC(F)F. The minimum absolute atomic E-state index is 0.00405. The number of para-hydroxylation sites is 1. The van der Waals surface area contributed by atoms with E-state index in [1.54, 1.807) is 29.2 Å². The maximum absolute atomic E-state index is 12.8. The minimum Gasteiger partial charge on any atom is -0.493 e. The van der Waals surface area contributed by atoms with Crippen LogP contribution in [0.15, 0.2) is 42.5 Å². The summed E-state index contributed by atoms with van der Waals surface area (Å²) in [5, 5.41) is 2.70. The first kappa shape index (κ1) is 20.5. The molecule has 2 amide bonds. The predicted molar refractivity (Wildman–Crippen MR) is 101 cm³/mol. The van der Waals surface area contributed by atoms with Gasteiger partial charge in [-0.3, -0.25) is 9.59 Å². The van der Waals surface area contributed by atoms with Crippen molar-refractivity contribution in [3.05, 3.63) is 53.6 Å². The van der Waals surface area contributed by atoms with E-state index in [0.717, 1.165) is 0 Å². The van der Waals surface area contributed by atoms with Crippen molar-refractivity contribution in [2.45, 2.75) is 6.61 Å². The molecule has 3 rings (SSSR count). The van der Waals surface area contributed by atoms with Crippen LogP contribution in [0, 0.1) is 0 Å². The summed E-state index contributed by atoms with van der Waals surface area (Å²) in [6.45, 7) is -1.13. The molecule has 29 heavy (non-hydrogen) atoms. The van der Waals surface area contributed by atoms with Gasteiger partial charge in [-0.1, -0.05) is 12.1 Å². The number of alkyl halides is 2. The van der Waals surface area contributed by atoms with Crippen molar-refractivity contribution in [3.8, 4) is 11.5 Å². The molecule has 0 aromatic heterocycles. The summed E-state index contributed by atoms with van der Waals surface area (Å²) in [7, 11) is 1.28. The van der Waals surface area contributed by atoms with E-state index in [9.17, 15) is 18.4 Å². The monoisotopic (exact) mass is 406 g/mol. The maximum Gasteiger partial charge on any atom is 0.387 e. The lowest BCUT2D eigenvalue weighted by molar-refractivity contribution is -0.0512. The molecule has 0 unspecified atom stereocenters. The first-order valence-electron chi connectivity index (χ1n) is 8.90. The average Bonchev–Trinajstić information content (AvgIpc) is 2.74. The lowest BCUT2D eigenvalue weighted by Gasteiger charge is -2.27. The number of carbonyl (C=O) groups is 2. The van der Waals surface area contributed by atoms with E-state index in [-0.39, 0.29) is 23.0 Å². The molecule has 0 saturated carbocycles. The predicted octanol–water partition coefficient (Wildman–Crippen LogP) is 3.02. The Labute approximate surface area is 166 Å². The molecule has 1 N–H and O–H groups in total. The van der Waals surface area contributed by atoms with E-state index in [4.69, 9.17) is 9.47 Å². The van der Waals surface area contributed by atoms with Gasteiger partial charge >= 0.3 is 6.61 Å². The number of halogens is 2. The van der Waals surface area contributed by atoms with Gasteiger partial charge in [0, 0.05) is 18.7 Å². The highest BCUT2D eigenvalue weighted by atomic mass is 19.3. The summed E-state index contributed by atoms with van der Waals surface area (Å²) < 4.78 is 39.5. The molecule has 0 radical (unpaired) electrons. The van der Waals surface area contributed by atoms with Crippen molar-refractivity contribution in [1.29, 1.82) is 0 Å². The maximum atomic E-state index is 12.8. The van der Waals surface area contributed by atoms with E-state index < -0.39 is 12.5 Å². The zero-order chi connectivity index (χ0) is 20.8. The van der Waals surface area contributed by atoms with Gasteiger partial charge in [-0.05, 0) is 30.3 Å². The van der Waals surface area contributed by atoms with Crippen LogP contribution < -0.4 is 14.8 Å². The van der Waals surface area contributed by atoms with Gasteiger partial charge in [0.05, 0.1) is 31.6 Å². The fraction of sp³-hybridized carbons (Fsp3) is 0.300. The second-order valence-electron chi connectivity index (χ2n) is 6.15. The van der Waals surface area contributed by atoms with Crippen LogP contribution in [-0.4, -0.2) is 56.7 Å². The number of anilines is 1. The van der Waals surface area contributed by atoms with E-state index in [1.807, 2.05) is 0 Å². The number of methoxy groups -OCH3 is 1. The smallest absolute Gasteiger partial charge is 0.387 e. The molecule has 154 valence electrons. The number of nitrogens with zero attached hydrogens (tertiary/aromatic N) is 1. The third-order valence-corrected chi connectivity index (χ3v) is 4.35. The number of ether oxygens (including phenoxy) is 3. The van der Waals surface area contributed by atoms with Crippen LogP contribution in [0.5, 0.6) is 11.5 Å². The third kappa shape index (κ3) is 5.00. The molecule has 1 aliphatic heterocycles. The number of benzene rings is 2. The normalized spacial score (nSPS) is 13.9. The molecular formula is C20H20F2N2O5. The molecule has 0 atom stereocenters. The Morgan fingerprint density at radius 3 is 2.52 bits per heavy atom. The van der Waals surface area contributed by atoms with Crippen LogP contribution >= 0.6 is 0 Å². The molecule has 0 spiro atoms. The summed E-state index contributed by atoms with van der Waals surface area (Å²) in [6.07, 6.45) is 0. The fourth-order valence-electron chi connectivity index (χ4n) is 2.91. The Bertz CT molecular complexity index is 885. The quantitative estimate of drug-likeness (QED) is 0.798. The molecule has 0 bridgehead atoms. The van der Waals surface area contributed by atoms with Gasteiger partial charge in [0.1, 0.15) is 0 Å². The molecular weight excluding hydrogens is 386 g/mol. The van der Waals surface area contributed by atoms with Gasteiger partial charge in [-0.25, -0.2) is 0 Å². The third-order valence-electron chi connectivity index (χ3n) is 4.35. The van der Waals surface area contributed by atoms with Crippen LogP contribution in [0.2, 0.25) is 0 Å². The second-order valence-corrected chi connectivity index (χ2v) is 6.15. The molecule has 1 heterocycles. The van der Waals surface area contributed by atoms with Crippen molar-refractivity contribution < 1.29 is 32.6 Å². The Kier molecular flexibility index (Phi) is 6.61. The highest BCUT2D eigenvalue weighted by Crippen LogP contribution is 2.30. The van der Waals surface area contributed by atoms with Crippen LogP contribution in [-0.2, 0) is 4.74 Å². The summed E-state index contributed by atoms with van der Waals surface area (Å²) >= 11 is 0. The first-order valence-corrected chi connectivity index (χ1v) is 8.90. The number of nitrogens with one attached hydrogen (secondary N) is 1. The van der Waals surface area contributed by atoms with Crippen molar-refractivity contribution in [2.75, 3.05) is 38.7 Å². The molecule has 7 nitrogen and oxygen atoms in total. The highest BCUT2D eigenvalue weighted by Gasteiger charge is 2.22. The van der Waals surface area contributed by atoms with Crippen molar-refractivity contribution >= 4 is 17.5 Å². The van der Waals surface area contributed by atoms with E-state index in [2.05, 4.69) is 10.1 Å². The molecule has 1 aliphatic rings. The first-order chi connectivity index (χ1) is 14.0. The second kappa shape index (κ2) is 9.33. The number of amides is 2. The summed E-state index contributed by atoms with van der Waals surface area (Å²) in [6, 6.07) is 10.5. The number of hydrogen-bond donors (Lipinski definition) is 1.